The number of hydrogen-bond donors (Lipinski definition) is 1. The third kappa shape index (κ3) is 7.49. The summed E-state index contributed by atoms with van der Waals surface area (Å²) in [5.74, 6) is -2.76. The molecule has 0 aliphatic carbocycles. The summed E-state index contributed by atoms with van der Waals surface area (Å²) >= 11 is 0. The first kappa shape index (κ1) is 24.5. The average Bonchev–Trinajstić information content (AvgIpc) is 3.04. The number of carboxylic acids is 1. The third-order valence-electron chi connectivity index (χ3n) is 5.08. The predicted octanol–water partition coefficient (Wildman–Crippen LogP) is 2.06. The fourth-order valence-electron chi connectivity index (χ4n) is 3.43. The predicted molar refractivity (Wildman–Crippen MR) is 100 cm³/mol. The van der Waals surface area contributed by atoms with E-state index in [4.69, 9.17) is 19.4 Å². The minimum absolute atomic E-state index is 0.108. The first-order valence-corrected chi connectivity index (χ1v) is 11.1. The van der Waals surface area contributed by atoms with E-state index in [-0.39, 0.29) is 11.5 Å². The number of halogens is 3. The Morgan fingerprint density at radius 1 is 1.40 bits per heavy atom. The van der Waals surface area contributed by atoms with Gasteiger partial charge >= 0.3 is 12.1 Å². The van der Waals surface area contributed by atoms with Crippen LogP contribution in [0.4, 0.5) is 13.2 Å². The highest BCUT2D eigenvalue weighted by Crippen LogP contribution is 2.42. The number of rotatable bonds is 5. The van der Waals surface area contributed by atoms with Gasteiger partial charge in [-0.25, -0.2) is 17.5 Å². The Balaban J connectivity index is 0.000000396. The minimum Gasteiger partial charge on any atom is -0.475 e. The number of aliphatic carboxylic acids is 1. The summed E-state index contributed by atoms with van der Waals surface area (Å²) < 4.78 is 68.1. The number of pyridine rings is 1. The molecule has 3 rings (SSSR count). The molecule has 8 nitrogen and oxygen atoms in total. The molecule has 12 heteroatoms. The fourth-order valence-corrected chi connectivity index (χ4v) is 4.28. The average molecular weight is 454 g/mol. The van der Waals surface area contributed by atoms with E-state index in [2.05, 4.69) is 4.98 Å². The van der Waals surface area contributed by atoms with Crippen LogP contribution in [0.15, 0.2) is 24.5 Å². The zero-order valence-corrected chi connectivity index (χ0v) is 17.3. The van der Waals surface area contributed by atoms with Crippen LogP contribution in [0.3, 0.4) is 0 Å². The van der Waals surface area contributed by atoms with Crippen molar-refractivity contribution < 1.29 is 41.0 Å². The number of hydrogen-bond acceptors (Lipinski definition) is 6. The van der Waals surface area contributed by atoms with Crippen LogP contribution in [0.1, 0.15) is 24.8 Å². The molecule has 1 aromatic heterocycles. The van der Waals surface area contributed by atoms with Gasteiger partial charge < -0.3 is 14.6 Å². The van der Waals surface area contributed by atoms with Gasteiger partial charge in [0.15, 0.2) is 0 Å². The molecular weight excluding hydrogens is 429 g/mol. The van der Waals surface area contributed by atoms with Crippen LogP contribution in [0.5, 0.6) is 0 Å². The molecule has 1 spiro atoms. The Bertz CT molecular complexity index is 796. The second kappa shape index (κ2) is 10.0. The molecule has 30 heavy (non-hydrogen) atoms. The molecule has 2 fully saturated rings. The van der Waals surface area contributed by atoms with E-state index in [1.165, 1.54) is 6.26 Å². The van der Waals surface area contributed by atoms with E-state index >= 15 is 0 Å². The Hall–Kier alpha value is -1.76. The minimum atomic E-state index is -5.08. The van der Waals surface area contributed by atoms with Crippen molar-refractivity contribution in [2.24, 2.45) is 5.41 Å². The van der Waals surface area contributed by atoms with Gasteiger partial charge in [0, 0.05) is 25.5 Å². The number of alkyl halides is 3. The van der Waals surface area contributed by atoms with E-state index in [0.717, 1.165) is 24.8 Å². The van der Waals surface area contributed by atoms with Crippen molar-refractivity contribution in [3.63, 3.8) is 0 Å². The molecule has 0 bridgehead atoms. The highest BCUT2D eigenvalue weighted by Gasteiger charge is 2.43. The molecule has 2 aliphatic heterocycles. The summed E-state index contributed by atoms with van der Waals surface area (Å²) in [7, 11) is -3.07. The maximum atomic E-state index is 11.6. The lowest BCUT2D eigenvalue weighted by Gasteiger charge is -2.37. The summed E-state index contributed by atoms with van der Waals surface area (Å²) in [4.78, 5) is 13.0. The van der Waals surface area contributed by atoms with Gasteiger partial charge in [-0.05, 0) is 36.3 Å². The van der Waals surface area contributed by atoms with Gasteiger partial charge in [0.05, 0.1) is 32.2 Å². The van der Waals surface area contributed by atoms with E-state index in [1.807, 2.05) is 12.1 Å². The van der Waals surface area contributed by atoms with Gasteiger partial charge in [-0.2, -0.15) is 13.2 Å². The summed E-state index contributed by atoms with van der Waals surface area (Å²) in [6.45, 7) is 3.04. The molecule has 0 aromatic carbocycles. The van der Waals surface area contributed by atoms with Gasteiger partial charge in [-0.15, -0.1) is 0 Å². The van der Waals surface area contributed by atoms with Gasteiger partial charge in [0.1, 0.15) is 0 Å². The maximum Gasteiger partial charge on any atom is 0.490 e. The first-order valence-electron chi connectivity index (χ1n) is 9.25. The molecule has 3 heterocycles. The van der Waals surface area contributed by atoms with Crippen LogP contribution in [-0.2, 0) is 30.9 Å². The Morgan fingerprint density at radius 2 is 2.03 bits per heavy atom. The van der Waals surface area contributed by atoms with E-state index < -0.39 is 22.2 Å². The largest absolute Gasteiger partial charge is 0.490 e. The zero-order chi connectivity index (χ0) is 22.4. The Morgan fingerprint density at radius 3 is 2.53 bits per heavy atom. The standard InChI is InChI=1S/C16H24N2O4S.C2HF3O2/c1-23(19,20)18-7-4-16(5-8-18)9-15(22-13-16)12-21-11-14-3-2-6-17-10-14;3-2(4,5)1(6)7/h2-3,6,10,15H,4-5,7-9,11-13H2,1H3;(H,6,7). The second-order valence-electron chi connectivity index (χ2n) is 7.48. The lowest BCUT2D eigenvalue weighted by atomic mass is 9.77. The highest BCUT2D eigenvalue weighted by molar-refractivity contribution is 7.88. The van der Waals surface area contributed by atoms with Crippen LogP contribution in [0.25, 0.3) is 0 Å². The number of carbonyl (C=O) groups is 1. The molecule has 0 radical (unpaired) electrons. The number of piperidine rings is 1. The van der Waals surface area contributed by atoms with Crippen molar-refractivity contribution in [3.8, 4) is 0 Å². The molecule has 2 saturated heterocycles. The molecule has 1 N–H and O–H groups in total. The zero-order valence-electron chi connectivity index (χ0n) is 16.5. The quantitative estimate of drug-likeness (QED) is 0.726. The van der Waals surface area contributed by atoms with Crippen molar-refractivity contribution in [1.82, 2.24) is 9.29 Å². The molecule has 170 valence electrons. The first-order chi connectivity index (χ1) is 13.9. The van der Waals surface area contributed by atoms with Crippen molar-refractivity contribution in [2.75, 3.05) is 32.6 Å². The smallest absolute Gasteiger partial charge is 0.475 e. The van der Waals surface area contributed by atoms with Crippen molar-refractivity contribution in [3.05, 3.63) is 30.1 Å². The van der Waals surface area contributed by atoms with Crippen LogP contribution >= 0.6 is 0 Å². The van der Waals surface area contributed by atoms with Crippen molar-refractivity contribution in [2.45, 2.75) is 38.1 Å². The normalized spacial score (nSPS) is 21.8. The maximum absolute atomic E-state index is 11.6. The van der Waals surface area contributed by atoms with E-state index in [9.17, 15) is 21.6 Å². The van der Waals surface area contributed by atoms with Crippen LogP contribution in [0.2, 0.25) is 0 Å². The van der Waals surface area contributed by atoms with Gasteiger partial charge in [-0.1, -0.05) is 6.07 Å². The molecule has 1 unspecified atom stereocenters. The molecular formula is C18H25F3N2O6S. The second-order valence-corrected chi connectivity index (χ2v) is 9.46. The number of nitrogens with zero attached hydrogens (tertiary/aromatic N) is 2. The number of carboxylic acid groups (broad SMARTS) is 1. The lowest BCUT2D eigenvalue weighted by Crippen LogP contribution is -2.43. The van der Waals surface area contributed by atoms with Gasteiger partial charge in [-0.3, -0.25) is 4.98 Å². The third-order valence-corrected chi connectivity index (χ3v) is 6.38. The SMILES string of the molecule is CS(=O)(=O)N1CCC2(CC1)COC(COCc1cccnc1)C2.O=C(O)C(F)(F)F. The Kier molecular flexibility index (Phi) is 8.20. The number of ether oxygens (including phenoxy) is 2. The van der Waals surface area contributed by atoms with Crippen molar-refractivity contribution in [1.29, 1.82) is 0 Å². The molecule has 1 aromatic rings. The molecule has 0 amide bonds. The molecule has 0 saturated carbocycles. The van der Waals surface area contributed by atoms with Gasteiger partial charge in [0.2, 0.25) is 10.0 Å². The van der Waals surface area contributed by atoms with Gasteiger partial charge in [0.25, 0.3) is 0 Å². The monoisotopic (exact) mass is 454 g/mol. The fraction of sp³-hybridized carbons (Fsp3) is 0.667. The Labute approximate surface area is 173 Å². The summed E-state index contributed by atoms with van der Waals surface area (Å²) in [5, 5.41) is 7.12. The van der Waals surface area contributed by atoms with Crippen LogP contribution in [0, 0.1) is 5.41 Å². The lowest BCUT2D eigenvalue weighted by molar-refractivity contribution is -0.192. The summed E-state index contributed by atoms with van der Waals surface area (Å²) in [6, 6.07) is 3.89. The molecule has 2 aliphatic rings. The molecule has 1 atom stereocenters. The van der Waals surface area contributed by atoms with Crippen LogP contribution in [-0.4, -0.2) is 73.6 Å². The topological polar surface area (TPSA) is 106 Å². The number of aromatic nitrogens is 1. The van der Waals surface area contributed by atoms with Crippen LogP contribution < -0.4 is 0 Å². The summed E-state index contributed by atoms with van der Waals surface area (Å²) in [5.41, 5.74) is 1.19. The number of sulfonamides is 1. The highest BCUT2D eigenvalue weighted by atomic mass is 32.2. The van der Waals surface area contributed by atoms with E-state index in [0.29, 0.717) is 32.9 Å². The summed E-state index contributed by atoms with van der Waals surface area (Å²) in [6.07, 6.45) is 2.56. The van der Waals surface area contributed by atoms with Crippen molar-refractivity contribution >= 4 is 16.0 Å². The van der Waals surface area contributed by atoms with E-state index in [1.54, 1.807) is 16.7 Å².